The first kappa shape index (κ1) is 10.2. The van der Waals surface area contributed by atoms with Gasteiger partial charge >= 0.3 is 0 Å². The molecule has 0 saturated carbocycles. The molecule has 1 fully saturated rings. The Morgan fingerprint density at radius 2 is 2.27 bits per heavy atom. The maximum Gasteiger partial charge on any atom is 0.263 e. The van der Waals surface area contributed by atoms with E-state index in [-0.39, 0.29) is 17.7 Å². The monoisotopic (exact) mass is 224 g/mol. The molecule has 0 bridgehead atoms. The molecule has 0 aliphatic carbocycles. The fourth-order valence-corrected chi connectivity index (χ4v) is 2.26. The first-order chi connectivity index (χ1) is 7.22. The van der Waals surface area contributed by atoms with Crippen molar-refractivity contribution in [2.24, 2.45) is 5.92 Å². The summed E-state index contributed by atoms with van der Waals surface area (Å²) in [6.07, 6.45) is 0. The summed E-state index contributed by atoms with van der Waals surface area (Å²) in [5, 5.41) is 4.47. The van der Waals surface area contributed by atoms with E-state index < -0.39 is 0 Å². The first-order valence-corrected chi connectivity index (χ1v) is 5.64. The summed E-state index contributed by atoms with van der Waals surface area (Å²) < 4.78 is 0. The average Bonchev–Trinajstić information content (AvgIpc) is 2.67. The fourth-order valence-electron chi connectivity index (χ4n) is 1.57. The van der Waals surface area contributed by atoms with E-state index >= 15 is 0 Å². The molecule has 0 unspecified atom stereocenters. The van der Waals surface area contributed by atoms with E-state index in [1.54, 1.807) is 18.0 Å². The second kappa shape index (κ2) is 4.02. The molecule has 1 saturated heterocycles. The van der Waals surface area contributed by atoms with Crippen LogP contribution in [0.1, 0.15) is 9.67 Å². The van der Waals surface area contributed by atoms with Gasteiger partial charge in [-0.05, 0) is 11.4 Å². The lowest BCUT2D eigenvalue weighted by molar-refractivity contribution is -0.128. The molecular weight excluding hydrogens is 212 g/mol. The first-order valence-electron chi connectivity index (χ1n) is 4.76. The molecule has 4 nitrogen and oxygen atoms in total. The number of hydrogen-bond acceptors (Lipinski definition) is 3. The maximum atomic E-state index is 11.7. The van der Waals surface area contributed by atoms with Crippen molar-refractivity contribution in [3.63, 3.8) is 0 Å². The SMILES string of the molecule is CNC(=O)C1CN(C(=O)c2cccs2)C1. The third-order valence-electron chi connectivity index (χ3n) is 2.52. The quantitative estimate of drug-likeness (QED) is 0.798. The standard InChI is InChI=1S/C10H12N2O2S/c1-11-9(13)7-5-12(6-7)10(14)8-3-2-4-15-8/h2-4,7H,5-6H2,1H3,(H,11,13). The van der Waals surface area contributed by atoms with E-state index in [1.807, 2.05) is 11.4 Å². The summed E-state index contributed by atoms with van der Waals surface area (Å²) >= 11 is 1.43. The summed E-state index contributed by atoms with van der Waals surface area (Å²) in [5.74, 6) is 0.0225. The molecule has 1 aromatic rings. The summed E-state index contributed by atoms with van der Waals surface area (Å²) in [6.45, 7) is 1.08. The third kappa shape index (κ3) is 1.87. The molecule has 1 aliphatic rings. The summed E-state index contributed by atoms with van der Waals surface area (Å²) in [5.41, 5.74) is 0. The van der Waals surface area contributed by atoms with Gasteiger partial charge in [0.15, 0.2) is 0 Å². The normalized spacial score (nSPS) is 15.9. The molecule has 15 heavy (non-hydrogen) atoms. The Morgan fingerprint density at radius 1 is 1.53 bits per heavy atom. The Balaban J connectivity index is 1.90. The van der Waals surface area contributed by atoms with Crippen LogP contribution in [-0.2, 0) is 4.79 Å². The number of nitrogens with zero attached hydrogens (tertiary/aromatic N) is 1. The second-order valence-corrected chi connectivity index (χ2v) is 4.45. The van der Waals surface area contributed by atoms with Gasteiger partial charge in [0.1, 0.15) is 0 Å². The van der Waals surface area contributed by atoms with Crippen molar-refractivity contribution in [2.75, 3.05) is 20.1 Å². The van der Waals surface area contributed by atoms with E-state index in [4.69, 9.17) is 0 Å². The molecule has 2 amide bonds. The molecule has 0 atom stereocenters. The lowest BCUT2D eigenvalue weighted by atomic mass is 9.99. The minimum absolute atomic E-state index is 0.0187. The molecule has 80 valence electrons. The Bertz CT molecular complexity index is 369. The van der Waals surface area contributed by atoms with Crippen LogP contribution in [0.2, 0.25) is 0 Å². The zero-order valence-corrected chi connectivity index (χ0v) is 9.21. The van der Waals surface area contributed by atoms with Crippen molar-refractivity contribution >= 4 is 23.2 Å². The van der Waals surface area contributed by atoms with Gasteiger partial charge in [0, 0.05) is 20.1 Å². The van der Waals surface area contributed by atoms with Gasteiger partial charge < -0.3 is 10.2 Å². The number of thiophene rings is 1. The molecule has 5 heteroatoms. The van der Waals surface area contributed by atoms with Crippen LogP contribution < -0.4 is 5.32 Å². The highest BCUT2D eigenvalue weighted by molar-refractivity contribution is 7.12. The predicted octanol–water partition coefficient (Wildman–Crippen LogP) is 0.566. The molecule has 1 aromatic heterocycles. The van der Waals surface area contributed by atoms with Gasteiger partial charge in [-0.25, -0.2) is 0 Å². The van der Waals surface area contributed by atoms with Crippen LogP contribution in [-0.4, -0.2) is 36.9 Å². The zero-order valence-electron chi connectivity index (χ0n) is 8.40. The number of carbonyl (C=O) groups is 2. The Morgan fingerprint density at radius 3 is 2.80 bits per heavy atom. The van der Waals surface area contributed by atoms with Crippen LogP contribution in [0.4, 0.5) is 0 Å². The van der Waals surface area contributed by atoms with Crippen LogP contribution in [0.5, 0.6) is 0 Å². The van der Waals surface area contributed by atoms with Gasteiger partial charge in [0.05, 0.1) is 10.8 Å². The Kier molecular flexibility index (Phi) is 2.73. The van der Waals surface area contributed by atoms with Gasteiger partial charge in [0.25, 0.3) is 5.91 Å². The number of likely N-dealkylation sites (tertiary alicyclic amines) is 1. The highest BCUT2D eigenvalue weighted by Crippen LogP contribution is 2.20. The van der Waals surface area contributed by atoms with Gasteiger partial charge in [-0.3, -0.25) is 9.59 Å². The smallest absolute Gasteiger partial charge is 0.263 e. The number of amides is 2. The highest BCUT2D eigenvalue weighted by atomic mass is 32.1. The van der Waals surface area contributed by atoms with Crippen molar-refractivity contribution in [1.29, 1.82) is 0 Å². The largest absolute Gasteiger partial charge is 0.359 e. The lowest BCUT2D eigenvalue weighted by Gasteiger charge is -2.37. The molecule has 0 radical (unpaired) electrons. The van der Waals surface area contributed by atoms with Crippen LogP contribution in [0.15, 0.2) is 17.5 Å². The van der Waals surface area contributed by atoms with Crippen molar-refractivity contribution < 1.29 is 9.59 Å². The van der Waals surface area contributed by atoms with Gasteiger partial charge in [0.2, 0.25) is 5.91 Å². The van der Waals surface area contributed by atoms with Crippen molar-refractivity contribution in [3.05, 3.63) is 22.4 Å². The van der Waals surface area contributed by atoms with E-state index in [1.165, 1.54) is 11.3 Å². The fraction of sp³-hybridized carbons (Fsp3) is 0.400. The topological polar surface area (TPSA) is 49.4 Å². The van der Waals surface area contributed by atoms with Crippen LogP contribution >= 0.6 is 11.3 Å². The summed E-state index contributed by atoms with van der Waals surface area (Å²) in [7, 11) is 1.62. The number of hydrogen-bond donors (Lipinski definition) is 1. The minimum Gasteiger partial charge on any atom is -0.359 e. The van der Waals surface area contributed by atoms with Crippen LogP contribution in [0.3, 0.4) is 0 Å². The summed E-state index contributed by atoms with van der Waals surface area (Å²) in [4.78, 5) is 25.4. The second-order valence-electron chi connectivity index (χ2n) is 3.50. The minimum atomic E-state index is -0.0288. The Labute approximate surface area is 91.9 Å². The van der Waals surface area contributed by atoms with Crippen LogP contribution in [0, 0.1) is 5.92 Å². The average molecular weight is 224 g/mol. The molecule has 0 spiro atoms. The van der Waals surface area contributed by atoms with Crippen molar-refractivity contribution in [2.45, 2.75) is 0 Å². The van der Waals surface area contributed by atoms with Gasteiger partial charge in [-0.2, -0.15) is 0 Å². The highest BCUT2D eigenvalue weighted by Gasteiger charge is 2.35. The van der Waals surface area contributed by atoms with Crippen molar-refractivity contribution in [3.8, 4) is 0 Å². The maximum absolute atomic E-state index is 11.7. The predicted molar refractivity (Wildman–Crippen MR) is 57.8 cm³/mol. The van der Waals surface area contributed by atoms with Crippen LogP contribution in [0.25, 0.3) is 0 Å². The van der Waals surface area contributed by atoms with E-state index in [0.717, 1.165) is 4.88 Å². The van der Waals surface area contributed by atoms with Gasteiger partial charge in [-0.15, -0.1) is 11.3 Å². The number of nitrogens with one attached hydrogen (secondary N) is 1. The molecule has 1 N–H and O–H groups in total. The van der Waals surface area contributed by atoms with Crippen molar-refractivity contribution in [1.82, 2.24) is 10.2 Å². The molecule has 2 heterocycles. The molecular formula is C10H12N2O2S. The molecule has 1 aliphatic heterocycles. The molecule has 0 aromatic carbocycles. The van der Waals surface area contributed by atoms with E-state index in [0.29, 0.717) is 13.1 Å². The van der Waals surface area contributed by atoms with Gasteiger partial charge in [-0.1, -0.05) is 6.07 Å². The summed E-state index contributed by atoms with van der Waals surface area (Å²) in [6, 6.07) is 3.66. The van der Waals surface area contributed by atoms with E-state index in [2.05, 4.69) is 5.32 Å². The number of carbonyl (C=O) groups excluding carboxylic acids is 2. The zero-order chi connectivity index (χ0) is 10.8. The van der Waals surface area contributed by atoms with E-state index in [9.17, 15) is 9.59 Å². The molecule has 2 rings (SSSR count). The third-order valence-corrected chi connectivity index (χ3v) is 3.38. The Hall–Kier alpha value is -1.36. The lowest BCUT2D eigenvalue weighted by Crippen LogP contribution is -2.55. The number of rotatable bonds is 2.